The number of nitrogen functional groups attached to an aromatic ring is 1. The molecule has 1 fully saturated rings. The van der Waals surface area contributed by atoms with Gasteiger partial charge in [0.1, 0.15) is 15.7 Å². The number of nitrogens with zero attached hydrogens (tertiary/aromatic N) is 1. The molecule has 3 N–H and O–H groups in total. The van der Waals surface area contributed by atoms with Crippen molar-refractivity contribution in [1.82, 2.24) is 10.3 Å². The topological polar surface area (TPSA) is 102 Å². The van der Waals surface area contributed by atoms with Gasteiger partial charge < -0.3 is 11.1 Å². The van der Waals surface area contributed by atoms with Gasteiger partial charge in [0.2, 0.25) is 0 Å². The van der Waals surface area contributed by atoms with Gasteiger partial charge in [-0.05, 0) is 34.8 Å². The smallest absolute Gasteiger partial charge is 0.255 e. The van der Waals surface area contributed by atoms with Crippen LogP contribution in [0.15, 0.2) is 16.7 Å². The van der Waals surface area contributed by atoms with Crippen LogP contribution in [0.1, 0.15) is 23.2 Å². The first-order chi connectivity index (χ1) is 8.87. The zero-order valence-electron chi connectivity index (χ0n) is 10.1. The monoisotopic (exact) mass is 347 g/mol. The number of halogens is 1. The summed E-state index contributed by atoms with van der Waals surface area (Å²) < 4.78 is 23.3. The third-order valence-electron chi connectivity index (χ3n) is 3.02. The van der Waals surface area contributed by atoms with Crippen LogP contribution in [0.4, 0.5) is 5.82 Å². The molecular weight excluding hydrogens is 334 g/mol. The lowest BCUT2D eigenvalue weighted by Gasteiger charge is -2.23. The number of carbonyl (C=O) groups is 1. The van der Waals surface area contributed by atoms with Crippen molar-refractivity contribution >= 4 is 37.5 Å². The fourth-order valence-electron chi connectivity index (χ4n) is 1.93. The van der Waals surface area contributed by atoms with E-state index in [9.17, 15) is 13.2 Å². The Morgan fingerprint density at radius 1 is 1.42 bits per heavy atom. The minimum Gasteiger partial charge on any atom is -0.383 e. The predicted molar refractivity (Wildman–Crippen MR) is 75.5 cm³/mol. The van der Waals surface area contributed by atoms with Crippen molar-refractivity contribution in [3.8, 4) is 0 Å². The summed E-state index contributed by atoms with van der Waals surface area (Å²) in [5.41, 5.74) is 5.94. The van der Waals surface area contributed by atoms with E-state index in [4.69, 9.17) is 5.73 Å². The van der Waals surface area contributed by atoms with Crippen molar-refractivity contribution in [2.75, 3.05) is 17.2 Å². The summed E-state index contributed by atoms with van der Waals surface area (Å²) in [4.78, 5) is 15.9. The van der Waals surface area contributed by atoms with Crippen LogP contribution in [0.5, 0.6) is 0 Å². The highest BCUT2D eigenvalue weighted by atomic mass is 79.9. The lowest BCUT2D eigenvalue weighted by molar-refractivity contribution is 0.0935. The van der Waals surface area contributed by atoms with Gasteiger partial charge in [0.25, 0.3) is 5.91 Å². The Labute approximate surface area is 119 Å². The Balaban J connectivity index is 2.04. The molecule has 2 rings (SSSR count). The summed E-state index contributed by atoms with van der Waals surface area (Å²) in [6, 6.07) is 1.46. The van der Waals surface area contributed by atoms with Crippen LogP contribution in [0.2, 0.25) is 0 Å². The first kappa shape index (κ1) is 14.3. The van der Waals surface area contributed by atoms with Crippen molar-refractivity contribution in [1.29, 1.82) is 0 Å². The first-order valence-corrected chi connectivity index (χ1v) is 8.41. The Kier molecular flexibility index (Phi) is 4.10. The zero-order valence-corrected chi connectivity index (χ0v) is 12.5. The van der Waals surface area contributed by atoms with Crippen LogP contribution in [0, 0.1) is 0 Å². The molecule has 104 valence electrons. The number of sulfone groups is 1. The molecule has 1 amide bonds. The Hall–Kier alpha value is -1.15. The lowest BCUT2D eigenvalue weighted by Crippen LogP contribution is -2.41. The number of aromatic nitrogens is 1. The summed E-state index contributed by atoms with van der Waals surface area (Å²) >= 11 is 3.23. The first-order valence-electron chi connectivity index (χ1n) is 5.80. The number of hydrogen-bond donors (Lipinski definition) is 2. The summed E-state index contributed by atoms with van der Waals surface area (Å²) in [7, 11) is -2.93. The molecule has 1 saturated heterocycles. The molecule has 1 aliphatic rings. The van der Waals surface area contributed by atoms with Crippen LogP contribution in [0.25, 0.3) is 0 Å². The molecule has 8 heteroatoms. The van der Waals surface area contributed by atoms with Crippen molar-refractivity contribution in [2.24, 2.45) is 0 Å². The van der Waals surface area contributed by atoms with E-state index in [1.165, 1.54) is 6.20 Å². The second-order valence-corrected chi connectivity index (χ2v) is 7.71. The third kappa shape index (κ3) is 3.66. The summed E-state index contributed by atoms with van der Waals surface area (Å²) in [6.07, 6.45) is 2.39. The maximum Gasteiger partial charge on any atom is 0.255 e. The molecule has 0 aliphatic carbocycles. The van der Waals surface area contributed by atoms with Gasteiger partial charge in [-0.2, -0.15) is 0 Å². The highest BCUT2D eigenvalue weighted by molar-refractivity contribution is 9.10. The number of anilines is 1. The van der Waals surface area contributed by atoms with Crippen molar-refractivity contribution < 1.29 is 13.2 Å². The molecule has 19 heavy (non-hydrogen) atoms. The van der Waals surface area contributed by atoms with E-state index >= 15 is 0 Å². The van der Waals surface area contributed by atoms with Crippen LogP contribution >= 0.6 is 15.9 Å². The van der Waals surface area contributed by atoms with Gasteiger partial charge in [-0.15, -0.1) is 0 Å². The highest BCUT2D eigenvalue weighted by Gasteiger charge is 2.25. The largest absolute Gasteiger partial charge is 0.383 e. The van der Waals surface area contributed by atoms with E-state index in [-0.39, 0.29) is 29.3 Å². The maximum atomic E-state index is 12.0. The number of nitrogens with two attached hydrogens (primary N) is 1. The molecule has 0 saturated carbocycles. The maximum absolute atomic E-state index is 12.0. The predicted octanol–water partition coefficient (Wildman–Crippen LogP) is 0.733. The molecule has 0 aromatic carbocycles. The number of nitrogens with one attached hydrogen (secondary N) is 1. The molecular formula is C11H14BrN3O3S. The summed E-state index contributed by atoms with van der Waals surface area (Å²) in [5.74, 6) is 0.0636. The quantitative estimate of drug-likeness (QED) is 0.821. The molecule has 0 radical (unpaired) electrons. The van der Waals surface area contributed by atoms with E-state index < -0.39 is 9.84 Å². The average Bonchev–Trinajstić information content (AvgIpc) is 2.35. The van der Waals surface area contributed by atoms with Crippen LogP contribution < -0.4 is 11.1 Å². The van der Waals surface area contributed by atoms with Gasteiger partial charge in [0.15, 0.2) is 0 Å². The van der Waals surface area contributed by atoms with Gasteiger partial charge in [0, 0.05) is 16.7 Å². The fraction of sp³-hybridized carbons (Fsp3) is 0.455. The minimum absolute atomic E-state index is 0.115. The van der Waals surface area contributed by atoms with E-state index in [1.807, 2.05) is 0 Å². The van der Waals surface area contributed by atoms with Gasteiger partial charge in [-0.25, -0.2) is 13.4 Å². The molecule has 0 unspecified atom stereocenters. The number of amides is 1. The molecule has 1 aromatic rings. The van der Waals surface area contributed by atoms with Crippen LogP contribution in [-0.4, -0.2) is 36.9 Å². The van der Waals surface area contributed by atoms with Gasteiger partial charge in [0.05, 0.1) is 17.1 Å². The normalized spacial score (nSPS) is 19.0. The Morgan fingerprint density at radius 3 is 2.68 bits per heavy atom. The summed E-state index contributed by atoms with van der Waals surface area (Å²) in [5, 5.41) is 2.80. The summed E-state index contributed by atoms with van der Waals surface area (Å²) in [6.45, 7) is 0. The van der Waals surface area contributed by atoms with Crippen molar-refractivity contribution in [3.05, 3.63) is 22.3 Å². The minimum atomic E-state index is -2.93. The molecule has 0 bridgehead atoms. The molecule has 0 spiro atoms. The fourth-order valence-corrected chi connectivity index (χ4v) is 3.75. The number of rotatable bonds is 2. The molecule has 6 nitrogen and oxygen atoms in total. The Morgan fingerprint density at radius 2 is 2.05 bits per heavy atom. The van der Waals surface area contributed by atoms with Gasteiger partial charge in [-0.1, -0.05) is 0 Å². The van der Waals surface area contributed by atoms with E-state index in [0.717, 1.165) is 0 Å². The number of carbonyl (C=O) groups excluding carboxylic acids is 1. The van der Waals surface area contributed by atoms with Crippen LogP contribution in [0.3, 0.4) is 0 Å². The molecule has 1 aromatic heterocycles. The second kappa shape index (κ2) is 5.46. The highest BCUT2D eigenvalue weighted by Crippen LogP contribution is 2.17. The molecule has 0 atom stereocenters. The standard InChI is InChI=1S/C11H14BrN3O3S/c12-7-5-9(10(13)14-6-7)11(16)15-8-1-3-19(17,18)4-2-8/h5-6,8H,1-4H2,(H2,13,14)(H,15,16). The van der Waals surface area contributed by atoms with Crippen molar-refractivity contribution in [3.63, 3.8) is 0 Å². The average molecular weight is 348 g/mol. The molecule has 2 heterocycles. The van der Waals surface area contributed by atoms with Crippen molar-refractivity contribution in [2.45, 2.75) is 18.9 Å². The van der Waals surface area contributed by atoms with E-state index in [0.29, 0.717) is 22.9 Å². The van der Waals surface area contributed by atoms with Gasteiger partial charge in [-0.3, -0.25) is 4.79 Å². The zero-order chi connectivity index (χ0) is 14.0. The van der Waals surface area contributed by atoms with Gasteiger partial charge >= 0.3 is 0 Å². The number of pyridine rings is 1. The number of hydrogen-bond acceptors (Lipinski definition) is 5. The SMILES string of the molecule is Nc1ncc(Br)cc1C(=O)NC1CCS(=O)(=O)CC1. The van der Waals surface area contributed by atoms with E-state index in [1.54, 1.807) is 6.07 Å². The third-order valence-corrected chi connectivity index (χ3v) is 5.17. The molecule has 1 aliphatic heterocycles. The Bertz CT molecular complexity index is 589. The van der Waals surface area contributed by atoms with Crippen LogP contribution in [-0.2, 0) is 9.84 Å². The van der Waals surface area contributed by atoms with E-state index in [2.05, 4.69) is 26.2 Å². The second-order valence-electron chi connectivity index (χ2n) is 4.49. The lowest BCUT2D eigenvalue weighted by atomic mass is 10.1.